The van der Waals surface area contributed by atoms with Crippen LogP contribution in [0.2, 0.25) is 0 Å². The van der Waals surface area contributed by atoms with Crippen LogP contribution in [0, 0.1) is 0 Å². The molecular formula is C23H26BrN5O6. The summed E-state index contributed by atoms with van der Waals surface area (Å²) in [6.45, 7) is -1.27. The summed E-state index contributed by atoms with van der Waals surface area (Å²) in [6.07, 6.45) is -1.22. The van der Waals surface area contributed by atoms with Crippen molar-refractivity contribution in [2.24, 2.45) is 0 Å². The lowest BCUT2D eigenvalue weighted by molar-refractivity contribution is -0.130. The number of carbonyl (C=O) groups excluding carboxylic acids is 4. The Morgan fingerprint density at radius 1 is 0.743 bits per heavy atom. The molecule has 2 rings (SSSR count). The smallest absolute Gasteiger partial charge is 0.405 e. The van der Waals surface area contributed by atoms with Crippen molar-refractivity contribution in [3.8, 4) is 0 Å². The third kappa shape index (κ3) is 10.7. The number of halogens is 1. The predicted octanol–water partition coefficient (Wildman–Crippen LogP) is 0.748. The van der Waals surface area contributed by atoms with Gasteiger partial charge in [0.2, 0.25) is 23.6 Å². The van der Waals surface area contributed by atoms with E-state index in [0.29, 0.717) is 11.0 Å². The number of alkyl halides is 1. The highest BCUT2D eigenvalue weighted by Crippen LogP contribution is 2.11. The molecule has 1 atom stereocenters. The zero-order chi connectivity index (χ0) is 25.6. The molecule has 5 amide bonds. The molecule has 0 heterocycles. The first-order valence-corrected chi connectivity index (χ1v) is 11.7. The Hall–Kier alpha value is -3.93. The molecule has 0 aromatic heterocycles. The van der Waals surface area contributed by atoms with Gasteiger partial charge < -0.3 is 31.7 Å². The third-order valence-electron chi connectivity index (χ3n) is 4.60. The van der Waals surface area contributed by atoms with E-state index in [1.54, 1.807) is 36.4 Å². The van der Waals surface area contributed by atoms with Crippen LogP contribution >= 0.6 is 15.9 Å². The van der Waals surface area contributed by atoms with E-state index in [1.165, 1.54) is 0 Å². The number of hydrogen-bond acceptors (Lipinski definition) is 5. The van der Waals surface area contributed by atoms with Gasteiger partial charge in [-0.15, -0.1) is 0 Å². The van der Waals surface area contributed by atoms with E-state index in [-0.39, 0.29) is 13.0 Å². The van der Waals surface area contributed by atoms with E-state index in [4.69, 9.17) is 5.11 Å². The number of anilines is 1. The van der Waals surface area contributed by atoms with Crippen LogP contribution in [0.3, 0.4) is 0 Å². The summed E-state index contributed by atoms with van der Waals surface area (Å²) in [4.78, 5) is 59.3. The van der Waals surface area contributed by atoms with Crippen LogP contribution in [0.5, 0.6) is 0 Å². The molecule has 2 aromatic rings. The van der Waals surface area contributed by atoms with Gasteiger partial charge in [0.1, 0.15) is 6.04 Å². The summed E-state index contributed by atoms with van der Waals surface area (Å²) in [6, 6.07) is 15.1. The van der Waals surface area contributed by atoms with Gasteiger partial charge in [0, 0.05) is 17.4 Å². The Balaban J connectivity index is 1.91. The average molecular weight is 548 g/mol. The average Bonchev–Trinajstić information content (AvgIpc) is 2.85. The summed E-state index contributed by atoms with van der Waals surface area (Å²) in [5.41, 5.74) is 2.40. The van der Waals surface area contributed by atoms with Crippen LogP contribution in [0.25, 0.3) is 0 Å². The first-order chi connectivity index (χ1) is 16.8. The van der Waals surface area contributed by atoms with Crippen LogP contribution in [0.4, 0.5) is 10.5 Å². The van der Waals surface area contributed by atoms with Gasteiger partial charge in [-0.2, -0.15) is 0 Å². The van der Waals surface area contributed by atoms with E-state index >= 15 is 0 Å². The van der Waals surface area contributed by atoms with Gasteiger partial charge in [-0.05, 0) is 23.3 Å². The third-order valence-corrected chi connectivity index (χ3v) is 5.24. The molecule has 11 nitrogen and oxygen atoms in total. The van der Waals surface area contributed by atoms with Crippen LogP contribution < -0.4 is 26.6 Å². The number of rotatable bonds is 12. The van der Waals surface area contributed by atoms with Crippen LogP contribution in [-0.2, 0) is 30.9 Å². The van der Waals surface area contributed by atoms with Crippen molar-refractivity contribution in [2.45, 2.75) is 17.8 Å². The molecule has 0 saturated carbocycles. The van der Waals surface area contributed by atoms with Crippen molar-refractivity contribution in [1.29, 1.82) is 0 Å². The fourth-order valence-electron chi connectivity index (χ4n) is 2.87. The Kier molecular flexibility index (Phi) is 11.2. The molecule has 0 aliphatic carbocycles. The van der Waals surface area contributed by atoms with Gasteiger partial charge in [0.05, 0.1) is 19.6 Å². The lowest BCUT2D eigenvalue weighted by Gasteiger charge is -2.19. The quantitative estimate of drug-likeness (QED) is 0.214. The first kappa shape index (κ1) is 27.3. The van der Waals surface area contributed by atoms with E-state index in [2.05, 4.69) is 37.2 Å². The molecule has 0 aliphatic rings. The normalized spacial score (nSPS) is 11.0. The fourth-order valence-corrected chi connectivity index (χ4v) is 3.25. The maximum Gasteiger partial charge on any atom is 0.405 e. The second-order valence-corrected chi connectivity index (χ2v) is 7.90. The van der Waals surface area contributed by atoms with Crippen molar-refractivity contribution in [2.75, 3.05) is 25.0 Å². The number of benzene rings is 2. The first-order valence-electron chi connectivity index (χ1n) is 10.6. The monoisotopic (exact) mass is 547 g/mol. The molecular weight excluding hydrogens is 522 g/mol. The minimum atomic E-state index is -1.37. The van der Waals surface area contributed by atoms with E-state index < -0.39 is 48.9 Å². The second kappa shape index (κ2) is 14.4. The molecule has 0 saturated heterocycles. The maximum absolute atomic E-state index is 12.8. The minimum Gasteiger partial charge on any atom is -0.465 e. The highest BCUT2D eigenvalue weighted by molar-refractivity contribution is 9.08. The molecule has 0 spiro atoms. The Labute approximate surface area is 210 Å². The number of carboxylic acid groups (broad SMARTS) is 1. The maximum atomic E-state index is 12.8. The molecule has 0 radical (unpaired) electrons. The Bertz CT molecular complexity index is 1030. The molecule has 186 valence electrons. The molecule has 35 heavy (non-hydrogen) atoms. The number of nitrogens with one attached hydrogen (secondary N) is 5. The van der Waals surface area contributed by atoms with Crippen molar-refractivity contribution >= 4 is 51.3 Å². The van der Waals surface area contributed by atoms with E-state index in [9.17, 15) is 24.0 Å². The topological polar surface area (TPSA) is 166 Å². The van der Waals surface area contributed by atoms with Crippen molar-refractivity contribution in [1.82, 2.24) is 21.3 Å². The van der Waals surface area contributed by atoms with Gasteiger partial charge in [-0.1, -0.05) is 58.4 Å². The van der Waals surface area contributed by atoms with E-state index in [0.717, 1.165) is 11.1 Å². The zero-order valence-electron chi connectivity index (χ0n) is 18.7. The zero-order valence-corrected chi connectivity index (χ0v) is 20.3. The van der Waals surface area contributed by atoms with Crippen LogP contribution in [0.1, 0.15) is 11.1 Å². The molecule has 0 fully saturated rings. The fraction of sp³-hybridized carbons (Fsp3) is 0.261. The van der Waals surface area contributed by atoms with Gasteiger partial charge in [0.15, 0.2) is 0 Å². The van der Waals surface area contributed by atoms with Crippen LogP contribution in [-0.4, -0.2) is 60.5 Å². The van der Waals surface area contributed by atoms with Crippen molar-refractivity contribution in [3.05, 3.63) is 65.7 Å². The Morgan fingerprint density at radius 3 is 2.00 bits per heavy atom. The molecule has 12 heteroatoms. The lowest BCUT2D eigenvalue weighted by atomic mass is 10.1. The summed E-state index contributed by atoms with van der Waals surface area (Å²) in [7, 11) is 0. The number of hydrogen-bond donors (Lipinski definition) is 6. The highest BCUT2D eigenvalue weighted by atomic mass is 79.9. The molecule has 0 bridgehead atoms. The summed E-state index contributed by atoms with van der Waals surface area (Å²) in [5.74, 6) is -2.37. The van der Waals surface area contributed by atoms with Crippen LogP contribution in [0.15, 0.2) is 54.6 Å². The van der Waals surface area contributed by atoms with E-state index in [1.807, 2.05) is 23.5 Å². The number of carbonyl (C=O) groups is 5. The van der Waals surface area contributed by atoms with Gasteiger partial charge >= 0.3 is 6.09 Å². The standard InChI is InChI=1S/C23H26BrN5O6/c24-11-16-6-8-17(9-7-16)28-20(31)14-26-22(33)18(10-15-4-2-1-3-5-15)29-21(32)13-25-19(30)12-27-23(34)35/h1-9,18,27H,10-14H2,(H,25,30)(H,26,33)(H,28,31)(H,29,32)(H,34,35)/t18-/m0/s1. The SMILES string of the molecule is O=C(O)NCC(=O)NCC(=O)N[C@@H](Cc1ccccc1)C(=O)NCC(=O)Nc1ccc(CBr)cc1. The van der Waals surface area contributed by atoms with Gasteiger partial charge in [-0.3, -0.25) is 19.2 Å². The van der Waals surface area contributed by atoms with Crippen molar-refractivity contribution < 1.29 is 29.1 Å². The largest absolute Gasteiger partial charge is 0.465 e. The predicted molar refractivity (Wildman–Crippen MR) is 132 cm³/mol. The molecule has 0 aliphatic heterocycles. The van der Waals surface area contributed by atoms with Crippen molar-refractivity contribution in [3.63, 3.8) is 0 Å². The van der Waals surface area contributed by atoms with Gasteiger partial charge in [0.25, 0.3) is 0 Å². The number of amides is 5. The summed E-state index contributed by atoms with van der Waals surface area (Å²) >= 11 is 3.35. The molecule has 0 unspecified atom stereocenters. The highest BCUT2D eigenvalue weighted by Gasteiger charge is 2.22. The van der Waals surface area contributed by atoms with Gasteiger partial charge in [-0.25, -0.2) is 4.79 Å². The molecule has 2 aromatic carbocycles. The Morgan fingerprint density at radius 2 is 1.37 bits per heavy atom. The second-order valence-electron chi connectivity index (χ2n) is 7.34. The molecule has 6 N–H and O–H groups in total. The lowest BCUT2D eigenvalue weighted by Crippen LogP contribution is -2.52. The minimum absolute atomic E-state index is 0.155. The summed E-state index contributed by atoms with van der Waals surface area (Å²) < 4.78 is 0. The summed E-state index contributed by atoms with van der Waals surface area (Å²) in [5, 5.41) is 21.1.